The first-order chi connectivity index (χ1) is 9.27. The summed E-state index contributed by atoms with van der Waals surface area (Å²) in [6.45, 7) is 1.62. The van der Waals surface area contributed by atoms with Crippen LogP contribution in [-0.4, -0.2) is 19.3 Å². The smallest absolute Gasteiger partial charge is 0.305 e. The number of aromatic amines is 1. The van der Waals surface area contributed by atoms with Crippen LogP contribution in [0.3, 0.4) is 0 Å². The summed E-state index contributed by atoms with van der Waals surface area (Å²) in [5, 5.41) is 7.54. The van der Waals surface area contributed by atoms with E-state index in [4.69, 9.17) is 5.14 Å². The molecule has 0 saturated heterocycles. The van der Waals surface area contributed by atoms with Gasteiger partial charge in [-0.15, -0.1) is 0 Å². The summed E-state index contributed by atoms with van der Waals surface area (Å²) in [5.41, 5.74) is 0.890. The number of nitrogens with one attached hydrogen (secondary N) is 2. The molecule has 0 aliphatic heterocycles. The quantitative estimate of drug-likeness (QED) is 0.769. The van der Waals surface area contributed by atoms with Gasteiger partial charge in [0.2, 0.25) is 10.0 Å². The van der Waals surface area contributed by atoms with Crippen LogP contribution in [0.5, 0.6) is 0 Å². The molecule has 0 radical (unpaired) electrons. The van der Waals surface area contributed by atoms with Crippen molar-refractivity contribution in [2.45, 2.75) is 11.8 Å². The second-order valence-corrected chi connectivity index (χ2v) is 6.54. The molecule has 0 bridgehead atoms. The highest BCUT2D eigenvalue weighted by molar-refractivity contribution is 7.89. The molecule has 2 aromatic rings. The number of rotatable bonds is 3. The predicted molar refractivity (Wildman–Crippen MR) is 75.4 cm³/mol. The molecule has 0 saturated carbocycles. The maximum atomic E-state index is 11.9. The van der Waals surface area contributed by atoms with E-state index in [0.29, 0.717) is 11.4 Å². The lowest BCUT2D eigenvalue weighted by molar-refractivity contribution is 0.103. The van der Waals surface area contributed by atoms with Crippen LogP contribution in [0.1, 0.15) is 15.4 Å². The zero-order chi connectivity index (χ0) is 14.9. The molecule has 1 aromatic heterocycles. The Hall–Kier alpha value is -1.97. The number of hydrogen-bond donors (Lipinski definition) is 3. The highest BCUT2D eigenvalue weighted by atomic mass is 32.2. The number of aromatic nitrogens is 1. The van der Waals surface area contributed by atoms with E-state index in [1.807, 2.05) is 0 Å². The van der Waals surface area contributed by atoms with Crippen LogP contribution in [0.15, 0.2) is 34.0 Å². The summed E-state index contributed by atoms with van der Waals surface area (Å²) < 4.78 is 22.2. The Balaban J connectivity index is 2.21. The molecule has 0 aliphatic carbocycles. The monoisotopic (exact) mass is 313 g/mol. The summed E-state index contributed by atoms with van der Waals surface area (Å²) in [5.74, 6) is -0.436. The molecule has 20 heavy (non-hydrogen) atoms. The number of aryl methyl sites for hydroxylation is 1. The van der Waals surface area contributed by atoms with Crippen molar-refractivity contribution in [3.05, 3.63) is 44.5 Å². The topological polar surface area (TPSA) is 122 Å². The van der Waals surface area contributed by atoms with E-state index in [-0.39, 0.29) is 14.6 Å². The average molecular weight is 313 g/mol. The first kappa shape index (κ1) is 14.4. The van der Waals surface area contributed by atoms with Gasteiger partial charge in [0.1, 0.15) is 4.88 Å². The van der Waals surface area contributed by atoms with Crippen molar-refractivity contribution < 1.29 is 13.2 Å². The third-order valence-electron chi connectivity index (χ3n) is 2.47. The Labute approximate surface area is 118 Å². The third kappa shape index (κ3) is 3.13. The van der Waals surface area contributed by atoms with Crippen molar-refractivity contribution in [2.24, 2.45) is 5.14 Å². The number of carbonyl (C=O) groups excluding carboxylic acids is 1. The van der Waals surface area contributed by atoms with Gasteiger partial charge in [0.15, 0.2) is 0 Å². The molecular weight excluding hydrogens is 302 g/mol. The van der Waals surface area contributed by atoms with Gasteiger partial charge in [-0.25, -0.2) is 13.6 Å². The number of thiazole rings is 1. The van der Waals surface area contributed by atoms with Crippen molar-refractivity contribution >= 4 is 33.0 Å². The van der Waals surface area contributed by atoms with Gasteiger partial charge in [-0.2, -0.15) is 0 Å². The van der Waals surface area contributed by atoms with Crippen LogP contribution < -0.4 is 15.3 Å². The van der Waals surface area contributed by atoms with E-state index in [2.05, 4.69) is 10.3 Å². The summed E-state index contributed by atoms with van der Waals surface area (Å²) in [6.07, 6.45) is 0. The van der Waals surface area contributed by atoms with E-state index < -0.39 is 15.9 Å². The lowest BCUT2D eigenvalue weighted by Crippen LogP contribution is -2.13. The zero-order valence-electron chi connectivity index (χ0n) is 10.3. The molecule has 7 nitrogen and oxygen atoms in total. The first-order valence-corrected chi connectivity index (χ1v) is 7.77. The molecule has 1 aromatic carbocycles. The average Bonchev–Trinajstić information content (AvgIpc) is 2.68. The fourth-order valence-electron chi connectivity index (χ4n) is 1.54. The van der Waals surface area contributed by atoms with Gasteiger partial charge in [0.25, 0.3) is 5.91 Å². The largest absolute Gasteiger partial charge is 0.321 e. The Kier molecular flexibility index (Phi) is 3.75. The molecule has 4 N–H and O–H groups in total. The van der Waals surface area contributed by atoms with Crippen LogP contribution in [0, 0.1) is 6.92 Å². The van der Waals surface area contributed by atoms with Gasteiger partial charge in [-0.3, -0.25) is 9.59 Å². The van der Waals surface area contributed by atoms with Crippen molar-refractivity contribution in [1.29, 1.82) is 0 Å². The highest BCUT2D eigenvalue weighted by Gasteiger charge is 2.14. The Morgan fingerprint density at radius 1 is 1.30 bits per heavy atom. The molecule has 0 spiro atoms. The number of anilines is 1. The molecule has 0 aliphatic rings. The van der Waals surface area contributed by atoms with Gasteiger partial charge in [0.05, 0.1) is 4.90 Å². The molecule has 0 fully saturated rings. The molecule has 9 heteroatoms. The van der Waals surface area contributed by atoms with Crippen LogP contribution in [0.25, 0.3) is 0 Å². The number of H-pyrrole nitrogens is 1. The maximum absolute atomic E-state index is 11.9. The maximum Gasteiger partial charge on any atom is 0.305 e. The third-order valence-corrected chi connectivity index (χ3v) is 4.38. The van der Waals surface area contributed by atoms with Crippen molar-refractivity contribution in [3.63, 3.8) is 0 Å². The van der Waals surface area contributed by atoms with Crippen LogP contribution in [-0.2, 0) is 10.0 Å². The van der Waals surface area contributed by atoms with Crippen LogP contribution >= 0.6 is 11.3 Å². The fourth-order valence-corrected chi connectivity index (χ4v) is 2.79. The van der Waals surface area contributed by atoms with Gasteiger partial charge in [-0.1, -0.05) is 11.3 Å². The normalized spacial score (nSPS) is 11.3. The first-order valence-electron chi connectivity index (χ1n) is 5.41. The predicted octanol–water partition coefficient (Wildman–Crippen LogP) is 0.645. The van der Waals surface area contributed by atoms with Crippen molar-refractivity contribution in [2.75, 3.05) is 5.32 Å². The lowest BCUT2D eigenvalue weighted by Gasteiger charge is -2.05. The minimum atomic E-state index is -3.76. The number of primary sulfonamides is 1. The Morgan fingerprint density at radius 3 is 2.35 bits per heavy atom. The van der Waals surface area contributed by atoms with Crippen molar-refractivity contribution in [3.8, 4) is 0 Å². The molecule has 0 atom stereocenters. The van der Waals surface area contributed by atoms with Gasteiger partial charge >= 0.3 is 4.87 Å². The number of benzene rings is 1. The number of hydrogen-bond acceptors (Lipinski definition) is 5. The molecule has 106 valence electrons. The van der Waals surface area contributed by atoms with Gasteiger partial charge in [-0.05, 0) is 31.2 Å². The molecule has 1 heterocycles. The summed E-state index contributed by atoms with van der Waals surface area (Å²) in [4.78, 5) is 25.5. The van der Waals surface area contributed by atoms with E-state index in [9.17, 15) is 18.0 Å². The highest BCUT2D eigenvalue weighted by Crippen LogP contribution is 2.15. The summed E-state index contributed by atoms with van der Waals surface area (Å²) >= 11 is 0.810. The lowest BCUT2D eigenvalue weighted by atomic mass is 10.3. The van der Waals surface area contributed by atoms with E-state index in [1.54, 1.807) is 6.92 Å². The minimum absolute atomic E-state index is 0.0435. The number of amides is 1. The van der Waals surface area contributed by atoms with E-state index in [0.717, 1.165) is 11.3 Å². The Morgan fingerprint density at radius 2 is 1.90 bits per heavy atom. The molecule has 0 unspecified atom stereocenters. The van der Waals surface area contributed by atoms with Crippen molar-refractivity contribution in [1.82, 2.24) is 4.98 Å². The molecule has 1 amide bonds. The SMILES string of the molecule is Cc1[nH]c(=O)sc1C(=O)Nc1ccc(S(N)(=O)=O)cc1. The summed E-state index contributed by atoms with van der Waals surface area (Å²) in [6, 6.07) is 5.42. The van der Waals surface area contributed by atoms with E-state index in [1.165, 1.54) is 24.3 Å². The minimum Gasteiger partial charge on any atom is -0.321 e. The summed E-state index contributed by atoms with van der Waals surface area (Å²) in [7, 11) is -3.76. The standard InChI is InChI=1S/C11H11N3O4S2/c1-6-9(19-11(16)13-6)10(15)14-7-2-4-8(5-3-7)20(12,17)18/h2-5H,1H3,(H,13,16)(H,14,15)(H2,12,17,18). The molecular formula is C11H11N3O4S2. The second kappa shape index (κ2) is 5.19. The molecule has 2 rings (SSSR count). The Bertz CT molecular complexity index is 803. The van der Waals surface area contributed by atoms with E-state index >= 15 is 0 Å². The fraction of sp³-hybridized carbons (Fsp3) is 0.0909. The van der Waals surface area contributed by atoms with Gasteiger partial charge in [0, 0.05) is 11.4 Å². The second-order valence-electron chi connectivity index (χ2n) is 3.99. The number of sulfonamides is 1. The number of carbonyl (C=O) groups is 1. The number of nitrogens with two attached hydrogens (primary N) is 1. The zero-order valence-corrected chi connectivity index (χ0v) is 12.0. The van der Waals surface area contributed by atoms with Crippen LogP contribution in [0.4, 0.5) is 5.69 Å². The van der Waals surface area contributed by atoms with Crippen LogP contribution in [0.2, 0.25) is 0 Å². The van der Waals surface area contributed by atoms with Gasteiger partial charge < -0.3 is 10.3 Å².